The Balaban J connectivity index is 3.25. The normalized spacial score (nSPS) is 9.82. The first-order valence-corrected chi connectivity index (χ1v) is 3.83. The zero-order chi connectivity index (χ0) is 8.43. The third-order valence-electron chi connectivity index (χ3n) is 1.33. The van der Waals surface area contributed by atoms with Crippen molar-refractivity contribution in [2.24, 2.45) is 5.84 Å². The summed E-state index contributed by atoms with van der Waals surface area (Å²) in [7, 11) is 0. The predicted octanol–water partition coefficient (Wildman–Crippen LogP) is 2.59. The van der Waals surface area contributed by atoms with E-state index in [1.807, 2.05) is 6.92 Å². The van der Waals surface area contributed by atoms with Crippen molar-refractivity contribution in [3.8, 4) is 0 Å². The number of aryl methyl sites for hydroxylation is 1. The first-order valence-electron chi connectivity index (χ1n) is 3.07. The molecule has 4 heteroatoms. The van der Waals surface area contributed by atoms with Crippen LogP contribution in [0.3, 0.4) is 0 Å². The number of hydrazine groups is 1. The maximum Gasteiger partial charge on any atom is 0.0861 e. The van der Waals surface area contributed by atoms with Crippen molar-refractivity contribution in [3.05, 3.63) is 27.7 Å². The van der Waals surface area contributed by atoms with Gasteiger partial charge in [0.15, 0.2) is 0 Å². The van der Waals surface area contributed by atoms with Gasteiger partial charge in [0, 0.05) is 0 Å². The molecule has 0 aliphatic heterocycles. The highest BCUT2D eigenvalue weighted by molar-refractivity contribution is 6.39. The Kier molecular flexibility index (Phi) is 2.60. The lowest BCUT2D eigenvalue weighted by Gasteiger charge is -2.05. The molecule has 0 fully saturated rings. The lowest BCUT2D eigenvalue weighted by atomic mass is 10.2. The van der Waals surface area contributed by atoms with Crippen molar-refractivity contribution in [1.29, 1.82) is 0 Å². The molecule has 1 rings (SSSR count). The monoisotopic (exact) mass is 190 g/mol. The van der Waals surface area contributed by atoms with Crippen LogP contribution in [0, 0.1) is 6.92 Å². The molecule has 0 bridgehead atoms. The van der Waals surface area contributed by atoms with Crippen LogP contribution >= 0.6 is 23.2 Å². The summed E-state index contributed by atoms with van der Waals surface area (Å²) in [6, 6.07) is 3.59. The predicted molar refractivity (Wildman–Crippen MR) is 49.0 cm³/mol. The molecule has 11 heavy (non-hydrogen) atoms. The largest absolute Gasteiger partial charge is 0.321 e. The molecule has 0 atom stereocenters. The Bertz CT molecular complexity index is 250. The van der Waals surface area contributed by atoms with Gasteiger partial charge in [-0.2, -0.15) is 0 Å². The summed E-state index contributed by atoms with van der Waals surface area (Å²) in [6.07, 6.45) is 0. The van der Waals surface area contributed by atoms with Crippen molar-refractivity contribution in [3.63, 3.8) is 0 Å². The summed E-state index contributed by atoms with van der Waals surface area (Å²) < 4.78 is 0. The number of hydrogen-bond acceptors (Lipinski definition) is 2. The fourth-order valence-electron chi connectivity index (χ4n) is 0.838. The molecule has 0 saturated carbocycles. The standard InChI is InChI=1S/C7H8Cl2N2/c1-4-2-5(8)7(11-10)6(9)3-4/h2-3,11H,10H2,1H3. The minimum absolute atomic E-state index is 0.539. The van der Waals surface area contributed by atoms with Gasteiger partial charge in [-0.15, -0.1) is 0 Å². The molecule has 0 unspecified atom stereocenters. The molecule has 1 aromatic rings. The summed E-state index contributed by atoms with van der Waals surface area (Å²) in [4.78, 5) is 0. The van der Waals surface area contributed by atoms with E-state index in [1.54, 1.807) is 12.1 Å². The minimum Gasteiger partial charge on any atom is -0.321 e. The molecular weight excluding hydrogens is 183 g/mol. The Labute approximate surface area is 75.3 Å². The van der Waals surface area contributed by atoms with Crippen LogP contribution in [0.4, 0.5) is 5.69 Å². The molecule has 0 aromatic heterocycles. The highest BCUT2D eigenvalue weighted by atomic mass is 35.5. The molecule has 0 saturated heterocycles. The third kappa shape index (κ3) is 1.77. The molecular formula is C7H8Cl2N2. The molecule has 1 aromatic carbocycles. The van der Waals surface area contributed by atoms with Crippen molar-refractivity contribution >= 4 is 28.9 Å². The molecule has 0 amide bonds. The van der Waals surface area contributed by atoms with Gasteiger partial charge in [0.05, 0.1) is 15.7 Å². The van der Waals surface area contributed by atoms with Gasteiger partial charge in [-0.1, -0.05) is 23.2 Å². The second-order valence-corrected chi connectivity index (χ2v) is 3.06. The number of nitrogens with one attached hydrogen (secondary N) is 1. The Morgan fingerprint density at radius 2 is 1.73 bits per heavy atom. The molecule has 0 heterocycles. The van der Waals surface area contributed by atoms with E-state index in [9.17, 15) is 0 Å². The highest BCUT2D eigenvalue weighted by Gasteiger charge is 2.03. The van der Waals surface area contributed by atoms with E-state index >= 15 is 0 Å². The van der Waals surface area contributed by atoms with Crippen LogP contribution < -0.4 is 11.3 Å². The van der Waals surface area contributed by atoms with E-state index in [0.29, 0.717) is 15.7 Å². The summed E-state index contributed by atoms with van der Waals surface area (Å²) in [6.45, 7) is 1.91. The maximum atomic E-state index is 5.81. The molecule has 60 valence electrons. The summed E-state index contributed by atoms with van der Waals surface area (Å²) in [5.74, 6) is 5.18. The second kappa shape index (κ2) is 3.30. The lowest BCUT2D eigenvalue weighted by molar-refractivity contribution is 1.34. The number of hydrogen-bond donors (Lipinski definition) is 2. The van der Waals surface area contributed by atoms with E-state index in [2.05, 4.69) is 5.43 Å². The van der Waals surface area contributed by atoms with E-state index in [4.69, 9.17) is 29.0 Å². The highest BCUT2D eigenvalue weighted by Crippen LogP contribution is 2.30. The van der Waals surface area contributed by atoms with Gasteiger partial charge >= 0.3 is 0 Å². The van der Waals surface area contributed by atoms with Crippen LogP contribution in [0.15, 0.2) is 12.1 Å². The number of rotatable bonds is 1. The summed E-state index contributed by atoms with van der Waals surface area (Å²) in [5.41, 5.74) is 4.01. The van der Waals surface area contributed by atoms with Gasteiger partial charge in [-0.3, -0.25) is 5.84 Å². The number of anilines is 1. The van der Waals surface area contributed by atoms with Crippen molar-refractivity contribution in [2.45, 2.75) is 6.92 Å². The van der Waals surface area contributed by atoms with Gasteiger partial charge in [-0.05, 0) is 24.6 Å². The quantitative estimate of drug-likeness (QED) is 0.528. The van der Waals surface area contributed by atoms with Crippen LogP contribution in [0.2, 0.25) is 10.0 Å². The van der Waals surface area contributed by atoms with Gasteiger partial charge in [-0.25, -0.2) is 0 Å². The van der Waals surface area contributed by atoms with Crippen molar-refractivity contribution in [2.75, 3.05) is 5.43 Å². The molecule has 0 spiro atoms. The van der Waals surface area contributed by atoms with Crippen molar-refractivity contribution in [1.82, 2.24) is 0 Å². The topological polar surface area (TPSA) is 38.0 Å². The Hall–Kier alpha value is -0.440. The number of halogens is 2. The van der Waals surface area contributed by atoms with E-state index in [1.165, 1.54) is 0 Å². The fourth-order valence-corrected chi connectivity index (χ4v) is 1.54. The van der Waals surface area contributed by atoms with Crippen LogP contribution in [0.5, 0.6) is 0 Å². The number of nitrogens with two attached hydrogens (primary N) is 1. The van der Waals surface area contributed by atoms with Gasteiger partial charge in [0.2, 0.25) is 0 Å². The van der Waals surface area contributed by atoms with E-state index < -0.39 is 0 Å². The first kappa shape index (κ1) is 8.65. The van der Waals surface area contributed by atoms with Crippen LogP contribution in [-0.4, -0.2) is 0 Å². The van der Waals surface area contributed by atoms with Crippen LogP contribution in [0.1, 0.15) is 5.56 Å². The molecule has 3 N–H and O–H groups in total. The van der Waals surface area contributed by atoms with Crippen LogP contribution in [-0.2, 0) is 0 Å². The first-order chi connectivity index (χ1) is 5.15. The van der Waals surface area contributed by atoms with Gasteiger partial charge < -0.3 is 5.43 Å². The van der Waals surface area contributed by atoms with Crippen LogP contribution in [0.25, 0.3) is 0 Å². The van der Waals surface area contributed by atoms with Crippen molar-refractivity contribution < 1.29 is 0 Å². The average Bonchev–Trinajstić information content (AvgIpc) is 1.85. The van der Waals surface area contributed by atoms with E-state index in [-0.39, 0.29) is 0 Å². The van der Waals surface area contributed by atoms with Gasteiger partial charge in [0.1, 0.15) is 0 Å². The number of nitrogen functional groups attached to an aromatic ring is 1. The summed E-state index contributed by atoms with van der Waals surface area (Å²) in [5, 5.41) is 1.08. The molecule has 2 nitrogen and oxygen atoms in total. The zero-order valence-electron chi connectivity index (χ0n) is 5.99. The third-order valence-corrected chi connectivity index (χ3v) is 1.93. The second-order valence-electron chi connectivity index (χ2n) is 2.25. The fraction of sp³-hybridized carbons (Fsp3) is 0.143. The average molecular weight is 191 g/mol. The molecule has 0 aliphatic rings. The molecule has 0 aliphatic carbocycles. The smallest absolute Gasteiger partial charge is 0.0861 e. The SMILES string of the molecule is Cc1cc(Cl)c(NN)c(Cl)c1. The molecule has 0 radical (unpaired) electrons. The lowest BCUT2D eigenvalue weighted by Crippen LogP contribution is -2.07. The minimum atomic E-state index is 0.539. The van der Waals surface area contributed by atoms with E-state index in [0.717, 1.165) is 5.56 Å². The number of benzene rings is 1. The zero-order valence-corrected chi connectivity index (χ0v) is 7.50. The van der Waals surface area contributed by atoms with Gasteiger partial charge in [0.25, 0.3) is 0 Å². The maximum absolute atomic E-state index is 5.81. The Morgan fingerprint density at radius 1 is 1.27 bits per heavy atom. The summed E-state index contributed by atoms with van der Waals surface area (Å²) >= 11 is 11.6. The Morgan fingerprint density at radius 3 is 2.09 bits per heavy atom.